The Hall–Kier alpha value is -0.580. The summed E-state index contributed by atoms with van der Waals surface area (Å²) in [5, 5.41) is 3.45. The SMILES string of the molecule is CCCCOCCCNCC1Cc2cc(Br)ccc2O1. The molecule has 0 amide bonds. The van der Waals surface area contributed by atoms with Crippen LogP contribution in [-0.4, -0.2) is 32.4 Å². The van der Waals surface area contributed by atoms with Crippen LogP contribution >= 0.6 is 15.9 Å². The molecule has 0 aliphatic carbocycles. The highest BCUT2D eigenvalue weighted by Crippen LogP contribution is 2.30. The second kappa shape index (κ2) is 8.65. The lowest BCUT2D eigenvalue weighted by Gasteiger charge is -2.11. The van der Waals surface area contributed by atoms with Crippen LogP contribution in [0.3, 0.4) is 0 Å². The fraction of sp³-hybridized carbons (Fsp3) is 0.625. The molecule has 3 nitrogen and oxygen atoms in total. The van der Waals surface area contributed by atoms with E-state index in [1.807, 2.05) is 12.1 Å². The number of rotatable bonds is 9. The van der Waals surface area contributed by atoms with Crippen molar-refractivity contribution in [3.8, 4) is 5.75 Å². The van der Waals surface area contributed by atoms with Crippen LogP contribution in [0.25, 0.3) is 0 Å². The summed E-state index contributed by atoms with van der Waals surface area (Å²) in [6.07, 6.45) is 4.69. The van der Waals surface area contributed by atoms with E-state index >= 15 is 0 Å². The second-order valence-electron chi connectivity index (χ2n) is 5.22. The molecular formula is C16H24BrNO2. The zero-order valence-electron chi connectivity index (χ0n) is 12.2. The van der Waals surface area contributed by atoms with E-state index in [9.17, 15) is 0 Å². The monoisotopic (exact) mass is 341 g/mol. The maximum atomic E-state index is 5.91. The quantitative estimate of drug-likeness (QED) is 0.696. The van der Waals surface area contributed by atoms with Gasteiger partial charge in [-0.3, -0.25) is 0 Å². The predicted molar refractivity (Wildman–Crippen MR) is 85.5 cm³/mol. The van der Waals surface area contributed by atoms with Crippen LogP contribution in [0.5, 0.6) is 5.75 Å². The van der Waals surface area contributed by atoms with Gasteiger partial charge in [-0.05, 0) is 43.1 Å². The summed E-state index contributed by atoms with van der Waals surface area (Å²) in [7, 11) is 0. The topological polar surface area (TPSA) is 30.5 Å². The van der Waals surface area contributed by atoms with Gasteiger partial charge in [0.15, 0.2) is 0 Å². The summed E-state index contributed by atoms with van der Waals surface area (Å²) < 4.78 is 12.6. The highest BCUT2D eigenvalue weighted by molar-refractivity contribution is 9.10. The summed E-state index contributed by atoms with van der Waals surface area (Å²) in [5.74, 6) is 1.03. The van der Waals surface area contributed by atoms with Crippen molar-refractivity contribution in [3.05, 3.63) is 28.2 Å². The average Bonchev–Trinajstić information content (AvgIpc) is 2.83. The first-order chi connectivity index (χ1) is 9.79. The van der Waals surface area contributed by atoms with Gasteiger partial charge in [-0.2, -0.15) is 0 Å². The molecule has 1 aromatic carbocycles. The summed E-state index contributed by atoms with van der Waals surface area (Å²) in [6, 6.07) is 6.22. The molecule has 1 N–H and O–H groups in total. The lowest BCUT2D eigenvalue weighted by molar-refractivity contribution is 0.128. The zero-order chi connectivity index (χ0) is 14.2. The molecule has 1 heterocycles. The third-order valence-electron chi connectivity index (χ3n) is 3.42. The molecule has 1 atom stereocenters. The van der Waals surface area contributed by atoms with Crippen molar-refractivity contribution < 1.29 is 9.47 Å². The van der Waals surface area contributed by atoms with Gasteiger partial charge in [0.1, 0.15) is 11.9 Å². The second-order valence-corrected chi connectivity index (χ2v) is 6.14. The molecule has 1 aliphatic rings. The number of halogens is 1. The van der Waals surface area contributed by atoms with Gasteiger partial charge < -0.3 is 14.8 Å². The molecule has 1 aromatic rings. The number of fused-ring (bicyclic) bond motifs is 1. The number of ether oxygens (including phenoxy) is 2. The normalized spacial score (nSPS) is 17.0. The summed E-state index contributed by atoms with van der Waals surface area (Å²) in [5.41, 5.74) is 1.30. The average molecular weight is 342 g/mol. The lowest BCUT2D eigenvalue weighted by Crippen LogP contribution is -2.31. The van der Waals surface area contributed by atoms with Crippen molar-refractivity contribution >= 4 is 15.9 Å². The fourth-order valence-corrected chi connectivity index (χ4v) is 2.72. The van der Waals surface area contributed by atoms with Crippen molar-refractivity contribution in [1.29, 1.82) is 0 Å². The minimum absolute atomic E-state index is 0.264. The summed E-state index contributed by atoms with van der Waals surface area (Å²) in [6.45, 7) is 5.83. The van der Waals surface area contributed by atoms with Gasteiger partial charge >= 0.3 is 0 Å². The van der Waals surface area contributed by atoms with Crippen molar-refractivity contribution in [2.24, 2.45) is 0 Å². The van der Waals surface area contributed by atoms with Crippen molar-refractivity contribution in [3.63, 3.8) is 0 Å². The Morgan fingerprint density at radius 1 is 1.35 bits per heavy atom. The van der Waals surface area contributed by atoms with E-state index in [-0.39, 0.29) is 6.10 Å². The van der Waals surface area contributed by atoms with Crippen LogP contribution in [0, 0.1) is 0 Å². The minimum atomic E-state index is 0.264. The minimum Gasteiger partial charge on any atom is -0.488 e. The first-order valence-electron chi connectivity index (χ1n) is 7.53. The lowest BCUT2D eigenvalue weighted by atomic mass is 10.1. The molecular weight excluding hydrogens is 318 g/mol. The standard InChI is InChI=1S/C16H24BrNO2/c1-2-3-8-19-9-4-7-18-12-15-11-13-10-14(17)5-6-16(13)20-15/h5-6,10,15,18H,2-4,7-9,11-12H2,1H3. The molecule has 0 saturated carbocycles. The highest BCUT2D eigenvalue weighted by Gasteiger charge is 2.22. The van der Waals surface area contributed by atoms with E-state index in [0.29, 0.717) is 0 Å². The molecule has 0 radical (unpaired) electrons. The van der Waals surface area contributed by atoms with Gasteiger partial charge in [-0.15, -0.1) is 0 Å². The first kappa shape index (κ1) is 15.8. The summed E-state index contributed by atoms with van der Waals surface area (Å²) in [4.78, 5) is 0. The molecule has 112 valence electrons. The van der Waals surface area contributed by atoms with Gasteiger partial charge in [-0.25, -0.2) is 0 Å². The van der Waals surface area contributed by atoms with Crippen molar-refractivity contribution in [2.45, 2.75) is 38.7 Å². The molecule has 0 fully saturated rings. The maximum absolute atomic E-state index is 5.91. The van der Waals surface area contributed by atoms with Crippen LogP contribution in [0.4, 0.5) is 0 Å². The smallest absolute Gasteiger partial charge is 0.123 e. The molecule has 4 heteroatoms. The van der Waals surface area contributed by atoms with Crippen LogP contribution in [0.2, 0.25) is 0 Å². The van der Waals surface area contributed by atoms with Crippen LogP contribution in [-0.2, 0) is 11.2 Å². The third-order valence-corrected chi connectivity index (χ3v) is 3.91. The van der Waals surface area contributed by atoms with Crippen molar-refractivity contribution in [1.82, 2.24) is 5.32 Å². The van der Waals surface area contributed by atoms with Crippen LogP contribution in [0.15, 0.2) is 22.7 Å². The Labute approximate surface area is 130 Å². The zero-order valence-corrected chi connectivity index (χ0v) is 13.7. The van der Waals surface area contributed by atoms with Gasteiger partial charge in [0.25, 0.3) is 0 Å². The number of hydrogen-bond donors (Lipinski definition) is 1. The fourth-order valence-electron chi connectivity index (χ4n) is 2.31. The molecule has 1 aliphatic heterocycles. The molecule has 2 rings (SSSR count). The Morgan fingerprint density at radius 3 is 3.05 bits per heavy atom. The molecule has 0 saturated heterocycles. The number of benzene rings is 1. The highest BCUT2D eigenvalue weighted by atomic mass is 79.9. The Kier molecular flexibility index (Phi) is 6.83. The molecule has 0 spiro atoms. The predicted octanol–water partition coefficient (Wildman–Crippen LogP) is 3.55. The Morgan fingerprint density at radius 2 is 2.20 bits per heavy atom. The van der Waals surface area contributed by atoms with Crippen molar-refractivity contribution in [2.75, 3.05) is 26.3 Å². The number of hydrogen-bond acceptors (Lipinski definition) is 3. The number of nitrogens with one attached hydrogen (secondary N) is 1. The van der Waals surface area contributed by atoms with Gasteiger partial charge in [0.2, 0.25) is 0 Å². The molecule has 1 unspecified atom stereocenters. The molecule has 0 bridgehead atoms. The molecule has 0 aromatic heterocycles. The van der Waals surface area contributed by atoms with Gasteiger partial charge in [-0.1, -0.05) is 29.3 Å². The van der Waals surface area contributed by atoms with Crippen LogP contribution < -0.4 is 10.1 Å². The Bertz CT molecular complexity index is 411. The van der Waals surface area contributed by atoms with E-state index < -0.39 is 0 Å². The van der Waals surface area contributed by atoms with E-state index in [0.717, 1.165) is 55.8 Å². The van der Waals surface area contributed by atoms with E-state index in [1.165, 1.54) is 12.0 Å². The third kappa shape index (κ3) is 5.08. The number of unbranched alkanes of at least 4 members (excludes halogenated alkanes) is 1. The van der Waals surface area contributed by atoms with Crippen LogP contribution in [0.1, 0.15) is 31.7 Å². The first-order valence-corrected chi connectivity index (χ1v) is 8.32. The van der Waals surface area contributed by atoms with Gasteiger partial charge in [0, 0.05) is 30.7 Å². The maximum Gasteiger partial charge on any atom is 0.123 e. The largest absolute Gasteiger partial charge is 0.488 e. The summed E-state index contributed by atoms with van der Waals surface area (Å²) >= 11 is 3.50. The van der Waals surface area contributed by atoms with E-state index in [2.05, 4.69) is 34.2 Å². The molecule has 20 heavy (non-hydrogen) atoms. The van der Waals surface area contributed by atoms with E-state index in [4.69, 9.17) is 9.47 Å². The van der Waals surface area contributed by atoms with E-state index in [1.54, 1.807) is 0 Å². The van der Waals surface area contributed by atoms with Gasteiger partial charge in [0.05, 0.1) is 0 Å². The Balaban J connectivity index is 1.54.